The van der Waals surface area contributed by atoms with Crippen LogP contribution >= 0.6 is 11.3 Å². The molecule has 0 saturated carbocycles. The molecule has 1 aromatic heterocycles. The number of nitriles is 1. The molecule has 0 unspecified atom stereocenters. The van der Waals surface area contributed by atoms with Crippen molar-refractivity contribution >= 4 is 32.8 Å². The summed E-state index contributed by atoms with van der Waals surface area (Å²) in [5.74, 6) is 0.761. The Morgan fingerprint density at radius 2 is 2.14 bits per heavy atom. The summed E-state index contributed by atoms with van der Waals surface area (Å²) >= 11 is 1.51. The van der Waals surface area contributed by atoms with Crippen molar-refractivity contribution in [2.24, 2.45) is 0 Å². The fraction of sp³-hybridized carbons (Fsp3) is 0.0588. The van der Waals surface area contributed by atoms with Gasteiger partial charge in [0.15, 0.2) is 0 Å². The summed E-state index contributed by atoms with van der Waals surface area (Å²) in [5.41, 5.74) is 2.27. The van der Waals surface area contributed by atoms with Gasteiger partial charge >= 0.3 is 0 Å². The molecule has 5 heteroatoms. The molecule has 0 bridgehead atoms. The Hall–Kier alpha value is -2.84. The van der Waals surface area contributed by atoms with Crippen LogP contribution in [0.3, 0.4) is 0 Å². The molecule has 0 spiro atoms. The van der Waals surface area contributed by atoms with Crippen LogP contribution in [-0.2, 0) is 0 Å². The number of methoxy groups -OCH3 is 1. The lowest BCUT2D eigenvalue weighted by molar-refractivity contribution is 0.415. The number of hydrogen-bond donors (Lipinski definition) is 1. The molecule has 0 aliphatic carbocycles. The number of benzene rings is 2. The number of nitrogens with one attached hydrogen (secondary N) is 1. The Kier molecular flexibility index (Phi) is 4.03. The van der Waals surface area contributed by atoms with Crippen LogP contribution in [0.5, 0.6) is 5.75 Å². The maximum absolute atomic E-state index is 9.37. The van der Waals surface area contributed by atoms with Gasteiger partial charge in [0.1, 0.15) is 22.4 Å². The predicted molar refractivity (Wildman–Crippen MR) is 89.8 cm³/mol. The van der Waals surface area contributed by atoms with Crippen LogP contribution in [0.2, 0.25) is 0 Å². The molecule has 0 atom stereocenters. The highest BCUT2D eigenvalue weighted by molar-refractivity contribution is 7.19. The molecule has 0 aliphatic heterocycles. The number of fused-ring (bicyclic) bond motifs is 1. The van der Waals surface area contributed by atoms with Gasteiger partial charge in [-0.25, -0.2) is 4.98 Å². The SMILES string of the molecule is COc1cccc(NC=C(C#N)c2nc3ccccc3s2)c1. The molecule has 0 fully saturated rings. The quantitative estimate of drug-likeness (QED) is 0.731. The monoisotopic (exact) mass is 307 g/mol. The van der Waals surface area contributed by atoms with Gasteiger partial charge in [-0.15, -0.1) is 11.3 Å². The fourth-order valence-corrected chi connectivity index (χ4v) is 2.93. The minimum absolute atomic E-state index is 0.504. The third-order valence-corrected chi connectivity index (χ3v) is 4.17. The fourth-order valence-electron chi connectivity index (χ4n) is 2.00. The third-order valence-electron chi connectivity index (χ3n) is 3.10. The van der Waals surface area contributed by atoms with Gasteiger partial charge in [0.2, 0.25) is 0 Å². The van der Waals surface area contributed by atoms with Crippen LogP contribution in [0.4, 0.5) is 5.69 Å². The van der Waals surface area contributed by atoms with Crippen molar-refractivity contribution in [3.05, 3.63) is 59.7 Å². The van der Waals surface area contributed by atoms with E-state index in [0.717, 1.165) is 21.7 Å². The van der Waals surface area contributed by atoms with Crippen molar-refractivity contribution in [2.75, 3.05) is 12.4 Å². The van der Waals surface area contributed by atoms with Gasteiger partial charge in [-0.3, -0.25) is 0 Å². The lowest BCUT2D eigenvalue weighted by Gasteiger charge is -2.04. The first kappa shape index (κ1) is 14.1. The van der Waals surface area contributed by atoms with Crippen molar-refractivity contribution < 1.29 is 4.74 Å². The Morgan fingerprint density at radius 3 is 2.91 bits per heavy atom. The van der Waals surface area contributed by atoms with E-state index in [4.69, 9.17) is 4.74 Å². The number of anilines is 1. The van der Waals surface area contributed by atoms with Crippen molar-refractivity contribution in [1.29, 1.82) is 5.26 Å². The Labute approximate surface area is 132 Å². The van der Waals surface area contributed by atoms with E-state index in [1.165, 1.54) is 11.3 Å². The van der Waals surface area contributed by atoms with Crippen molar-refractivity contribution in [3.8, 4) is 11.8 Å². The third kappa shape index (κ3) is 2.92. The molecule has 22 heavy (non-hydrogen) atoms. The average Bonchev–Trinajstić information content (AvgIpc) is 2.99. The zero-order valence-corrected chi connectivity index (χ0v) is 12.7. The summed E-state index contributed by atoms with van der Waals surface area (Å²) in [6.07, 6.45) is 1.67. The Balaban J connectivity index is 1.88. The van der Waals surface area contributed by atoms with Crippen molar-refractivity contribution in [3.63, 3.8) is 0 Å². The first-order valence-electron chi connectivity index (χ1n) is 6.67. The molecule has 0 amide bonds. The highest BCUT2D eigenvalue weighted by atomic mass is 32.1. The van der Waals surface area contributed by atoms with Gasteiger partial charge in [0.05, 0.1) is 17.3 Å². The van der Waals surface area contributed by atoms with Gasteiger partial charge in [-0.05, 0) is 24.3 Å². The minimum Gasteiger partial charge on any atom is -0.497 e. The van der Waals surface area contributed by atoms with Crippen molar-refractivity contribution in [1.82, 2.24) is 4.98 Å². The summed E-state index contributed by atoms with van der Waals surface area (Å²) in [4.78, 5) is 4.49. The van der Waals surface area contributed by atoms with Crippen LogP contribution in [0, 0.1) is 11.3 Å². The number of thiazole rings is 1. The van der Waals surface area contributed by atoms with Crippen LogP contribution < -0.4 is 10.1 Å². The number of allylic oxidation sites excluding steroid dienone is 1. The summed E-state index contributed by atoms with van der Waals surface area (Å²) < 4.78 is 6.25. The molecular formula is C17H13N3OS. The van der Waals surface area contributed by atoms with Crippen molar-refractivity contribution in [2.45, 2.75) is 0 Å². The second-order valence-electron chi connectivity index (χ2n) is 4.53. The minimum atomic E-state index is 0.504. The second-order valence-corrected chi connectivity index (χ2v) is 5.56. The second kappa shape index (κ2) is 6.29. The molecule has 0 radical (unpaired) electrons. The van der Waals surface area contributed by atoms with Gasteiger partial charge in [-0.2, -0.15) is 5.26 Å². The van der Waals surface area contributed by atoms with E-state index in [2.05, 4.69) is 16.4 Å². The molecule has 1 N–H and O–H groups in total. The number of para-hydroxylation sites is 1. The maximum atomic E-state index is 9.37. The van der Waals surface area contributed by atoms with Gasteiger partial charge in [-0.1, -0.05) is 18.2 Å². The maximum Gasteiger partial charge on any atom is 0.136 e. The molecule has 2 aromatic carbocycles. The van der Waals surface area contributed by atoms with Gasteiger partial charge < -0.3 is 10.1 Å². The molecular weight excluding hydrogens is 294 g/mol. The Morgan fingerprint density at radius 1 is 1.27 bits per heavy atom. The predicted octanol–water partition coefficient (Wildman–Crippen LogP) is 4.28. The molecule has 0 aliphatic rings. The number of hydrogen-bond acceptors (Lipinski definition) is 5. The standard InChI is InChI=1S/C17H13N3OS/c1-21-14-6-4-5-13(9-14)19-11-12(10-18)17-20-15-7-2-3-8-16(15)22-17/h2-9,11,19H,1H3. The van der Waals surface area contributed by atoms with E-state index in [-0.39, 0.29) is 0 Å². The van der Waals surface area contributed by atoms with Crippen LogP contribution in [-0.4, -0.2) is 12.1 Å². The van der Waals surface area contributed by atoms with E-state index in [0.29, 0.717) is 10.6 Å². The summed E-state index contributed by atoms with van der Waals surface area (Å²) in [7, 11) is 1.62. The summed E-state index contributed by atoms with van der Waals surface area (Å²) in [6, 6.07) is 17.6. The van der Waals surface area contributed by atoms with Gasteiger partial charge in [0.25, 0.3) is 0 Å². The molecule has 0 saturated heterocycles. The topological polar surface area (TPSA) is 57.9 Å². The lowest BCUT2D eigenvalue weighted by Crippen LogP contribution is -1.91. The van der Waals surface area contributed by atoms with E-state index in [1.807, 2.05) is 48.5 Å². The first-order chi connectivity index (χ1) is 10.8. The van der Waals surface area contributed by atoms with E-state index >= 15 is 0 Å². The summed E-state index contributed by atoms with van der Waals surface area (Å²) in [6.45, 7) is 0. The average molecular weight is 307 g/mol. The smallest absolute Gasteiger partial charge is 0.136 e. The Bertz CT molecular complexity index is 844. The lowest BCUT2D eigenvalue weighted by atomic mass is 10.3. The first-order valence-corrected chi connectivity index (χ1v) is 7.48. The van der Waals surface area contributed by atoms with E-state index in [9.17, 15) is 5.26 Å². The number of ether oxygens (including phenoxy) is 1. The molecule has 3 rings (SSSR count). The number of aromatic nitrogens is 1. The highest BCUT2D eigenvalue weighted by Gasteiger charge is 2.08. The molecule has 3 aromatic rings. The largest absolute Gasteiger partial charge is 0.497 e. The van der Waals surface area contributed by atoms with Crippen LogP contribution in [0.1, 0.15) is 5.01 Å². The van der Waals surface area contributed by atoms with E-state index < -0.39 is 0 Å². The number of rotatable bonds is 4. The molecule has 4 nitrogen and oxygen atoms in total. The zero-order chi connectivity index (χ0) is 15.4. The number of nitrogens with zero attached hydrogens (tertiary/aromatic N) is 2. The van der Waals surface area contributed by atoms with Crippen LogP contribution in [0.25, 0.3) is 15.8 Å². The van der Waals surface area contributed by atoms with E-state index in [1.54, 1.807) is 13.3 Å². The zero-order valence-electron chi connectivity index (χ0n) is 11.9. The molecule has 108 valence electrons. The molecule has 1 heterocycles. The highest BCUT2D eigenvalue weighted by Crippen LogP contribution is 2.27. The van der Waals surface area contributed by atoms with Crippen LogP contribution in [0.15, 0.2) is 54.7 Å². The van der Waals surface area contributed by atoms with Gasteiger partial charge in [0, 0.05) is 18.0 Å². The normalized spacial score (nSPS) is 11.2. The summed E-state index contributed by atoms with van der Waals surface area (Å²) in [5, 5.41) is 13.2.